The van der Waals surface area contributed by atoms with E-state index in [4.69, 9.17) is 0 Å². The fourth-order valence-electron chi connectivity index (χ4n) is 3.49. The molecule has 2 atom stereocenters. The normalized spacial score (nSPS) is 25.0. The van der Waals surface area contributed by atoms with Crippen LogP contribution in [0.2, 0.25) is 0 Å². The second-order valence-corrected chi connectivity index (χ2v) is 6.32. The maximum Gasteiger partial charge on any atom is 0.220 e. The third-order valence-electron chi connectivity index (χ3n) is 4.62. The zero-order valence-electron chi connectivity index (χ0n) is 12.5. The zero-order valence-corrected chi connectivity index (χ0v) is 12.5. The Labute approximate surface area is 125 Å². The molecule has 1 amide bonds. The second kappa shape index (κ2) is 6.12. The SMILES string of the molecule is CN1C[C@@H](CC(=O)NCc2cncc3c2CCC3)[C@H](O)C1. The third-order valence-corrected chi connectivity index (χ3v) is 4.62. The molecule has 2 heterocycles. The van der Waals surface area contributed by atoms with Crippen LogP contribution in [0, 0.1) is 5.92 Å². The molecular weight excluding hydrogens is 266 g/mol. The number of carbonyl (C=O) groups excluding carboxylic acids is 1. The van der Waals surface area contributed by atoms with E-state index in [9.17, 15) is 9.90 Å². The molecule has 1 aliphatic carbocycles. The number of nitrogens with zero attached hydrogens (tertiary/aromatic N) is 2. The number of likely N-dealkylation sites (N-methyl/N-ethyl adjacent to an activating group) is 1. The van der Waals surface area contributed by atoms with Crippen molar-refractivity contribution < 1.29 is 9.90 Å². The van der Waals surface area contributed by atoms with Gasteiger partial charge in [0.2, 0.25) is 5.91 Å². The number of aliphatic hydroxyl groups is 1. The number of amides is 1. The van der Waals surface area contributed by atoms with E-state index in [1.54, 1.807) is 0 Å². The van der Waals surface area contributed by atoms with Crippen LogP contribution < -0.4 is 5.32 Å². The molecule has 1 fully saturated rings. The quantitative estimate of drug-likeness (QED) is 0.847. The van der Waals surface area contributed by atoms with Crippen LogP contribution in [0.5, 0.6) is 0 Å². The van der Waals surface area contributed by atoms with Gasteiger partial charge in [-0.15, -0.1) is 0 Å². The van der Waals surface area contributed by atoms with Crippen molar-refractivity contribution in [1.82, 2.24) is 15.2 Å². The fraction of sp³-hybridized carbons (Fsp3) is 0.625. The summed E-state index contributed by atoms with van der Waals surface area (Å²) in [6.45, 7) is 2.00. The number of carbonyl (C=O) groups is 1. The lowest BCUT2D eigenvalue weighted by molar-refractivity contribution is -0.122. The van der Waals surface area contributed by atoms with E-state index in [0.29, 0.717) is 19.5 Å². The molecule has 0 spiro atoms. The summed E-state index contributed by atoms with van der Waals surface area (Å²) >= 11 is 0. The lowest BCUT2D eigenvalue weighted by atomic mass is 10.0. The fourth-order valence-corrected chi connectivity index (χ4v) is 3.49. The van der Waals surface area contributed by atoms with Gasteiger partial charge in [-0.1, -0.05) is 0 Å². The van der Waals surface area contributed by atoms with Crippen molar-refractivity contribution in [3.8, 4) is 0 Å². The van der Waals surface area contributed by atoms with Crippen LogP contribution in [0.25, 0.3) is 0 Å². The Morgan fingerprint density at radius 3 is 3.05 bits per heavy atom. The first-order valence-electron chi connectivity index (χ1n) is 7.71. The number of likely N-dealkylation sites (tertiary alicyclic amines) is 1. The highest BCUT2D eigenvalue weighted by Crippen LogP contribution is 2.24. The smallest absolute Gasteiger partial charge is 0.220 e. The van der Waals surface area contributed by atoms with Crippen LogP contribution >= 0.6 is 0 Å². The molecule has 0 bridgehead atoms. The predicted octanol–water partition coefficient (Wildman–Crippen LogP) is 0.499. The van der Waals surface area contributed by atoms with E-state index in [1.165, 1.54) is 17.5 Å². The van der Waals surface area contributed by atoms with Gasteiger partial charge in [0, 0.05) is 44.4 Å². The second-order valence-electron chi connectivity index (χ2n) is 6.32. The van der Waals surface area contributed by atoms with Crippen molar-refractivity contribution >= 4 is 5.91 Å². The summed E-state index contributed by atoms with van der Waals surface area (Å²) in [5.41, 5.74) is 3.84. The summed E-state index contributed by atoms with van der Waals surface area (Å²) in [7, 11) is 1.97. The summed E-state index contributed by atoms with van der Waals surface area (Å²) in [5.74, 6) is 0.0690. The van der Waals surface area contributed by atoms with Crippen LogP contribution in [0.4, 0.5) is 0 Å². The van der Waals surface area contributed by atoms with Gasteiger partial charge in [-0.2, -0.15) is 0 Å². The van der Waals surface area contributed by atoms with Gasteiger partial charge < -0.3 is 15.3 Å². The molecule has 21 heavy (non-hydrogen) atoms. The number of fused-ring (bicyclic) bond motifs is 1. The number of nitrogens with one attached hydrogen (secondary N) is 1. The third kappa shape index (κ3) is 3.24. The van der Waals surface area contributed by atoms with E-state index in [0.717, 1.165) is 24.9 Å². The van der Waals surface area contributed by atoms with Gasteiger partial charge >= 0.3 is 0 Å². The van der Waals surface area contributed by atoms with Gasteiger partial charge in [0.25, 0.3) is 0 Å². The van der Waals surface area contributed by atoms with Gasteiger partial charge in [-0.3, -0.25) is 9.78 Å². The highest BCUT2D eigenvalue weighted by Gasteiger charge is 2.30. The van der Waals surface area contributed by atoms with Gasteiger partial charge in [-0.25, -0.2) is 0 Å². The first-order chi connectivity index (χ1) is 10.1. The molecule has 0 saturated carbocycles. The molecular formula is C16H23N3O2. The van der Waals surface area contributed by atoms with Gasteiger partial charge in [0.15, 0.2) is 0 Å². The molecule has 1 aromatic heterocycles. The number of β-amino-alcohol motifs (C(OH)–C–C–N with tert-alkyl or cyclic N) is 1. The lowest BCUT2D eigenvalue weighted by Crippen LogP contribution is -2.29. The summed E-state index contributed by atoms with van der Waals surface area (Å²) in [5, 5.41) is 12.9. The van der Waals surface area contributed by atoms with Crippen LogP contribution in [-0.4, -0.2) is 47.1 Å². The first-order valence-corrected chi connectivity index (χ1v) is 7.71. The molecule has 1 aliphatic heterocycles. The van der Waals surface area contributed by atoms with Crippen molar-refractivity contribution in [2.45, 2.75) is 38.3 Å². The van der Waals surface area contributed by atoms with Crippen molar-refractivity contribution in [2.24, 2.45) is 5.92 Å². The van der Waals surface area contributed by atoms with Crippen LogP contribution in [0.1, 0.15) is 29.5 Å². The Balaban J connectivity index is 1.54. The van der Waals surface area contributed by atoms with Crippen molar-refractivity contribution in [3.05, 3.63) is 29.1 Å². The summed E-state index contributed by atoms with van der Waals surface area (Å²) in [6.07, 6.45) is 7.20. The zero-order chi connectivity index (χ0) is 14.8. The Morgan fingerprint density at radius 1 is 1.43 bits per heavy atom. The molecule has 0 unspecified atom stereocenters. The van der Waals surface area contributed by atoms with Crippen molar-refractivity contribution in [2.75, 3.05) is 20.1 Å². The average Bonchev–Trinajstić information content (AvgIpc) is 3.03. The Bertz CT molecular complexity index is 532. The molecule has 1 saturated heterocycles. The van der Waals surface area contributed by atoms with Gasteiger partial charge in [-0.05, 0) is 43.0 Å². The maximum atomic E-state index is 12.1. The summed E-state index contributed by atoms with van der Waals surface area (Å²) in [4.78, 5) is 18.4. The minimum absolute atomic E-state index is 0.0185. The summed E-state index contributed by atoms with van der Waals surface area (Å²) in [6, 6.07) is 0. The van der Waals surface area contributed by atoms with E-state index in [-0.39, 0.29) is 17.9 Å². The Morgan fingerprint density at radius 2 is 2.29 bits per heavy atom. The molecule has 5 nitrogen and oxygen atoms in total. The number of pyridine rings is 1. The standard InChI is InChI=1S/C16H23N3O2/c1-19-9-12(15(20)10-19)5-16(21)18-8-13-7-17-6-11-3-2-4-14(11)13/h6-7,12,15,20H,2-5,8-10H2,1H3,(H,18,21)/t12-,15-/m1/s1. The lowest BCUT2D eigenvalue weighted by Gasteiger charge is -2.14. The maximum absolute atomic E-state index is 12.1. The van der Waals surface area contributed by atoms with E-state index in [1.807, 2.05) is 19.4 Å². The molecule has 5 heteroatoms. The number of aryl methyl sites for hydroxylation is 1. The van der Waals surface area contributed by atoms with E-state index < -0.39 is 0 Å². The molecule has 0 radical (unpaired) electrons. The molecule has 0 aromatic carbocycles. The minimum Gasteiger partial charge on any atom is -0.391 e. The molecule has 3 rings (SSSR count). The largest absolute Gasteiger partial charge is 0.391 e. The van der Waals surface area contributed by atoms with E-state index >= 15 is 0 Å². The van der Waals surface area contributed by atoms with Crippen LogP contribution in [-0.2, 0) is 24.2 Å². The number of hydrogen-bond donors (Lipinski definition) is 2. The first kappa shape index (κ1) is 14.5. The number of hydrogen-bond acceptors (Lipinski definition) is 4. The number of aromatic nitrogens is 1. The Hall–Kier alpha value is -1.46. The topological polar surface area (TPSA) is 65.5 Å². The molecule has 2 N–H and O–H groups in total. The van der Waals surface area contributed by atoms with Crippen LogP contribution in [0.3, 0.4) is 0 Å². The van der Waals surface area contributed by atoms with E-state index in [2.05, 4.69) is 15.2 Å². The Kier molecular flexibility index (Phi) is 4.22. The van der Waals surface area contributed by atoms with Crippen molar-refractivity contribution in [1.29, 1.82) is 0 Å². The average molecular weight is 289 g/mol. The monoisotopic (exact) mass is 289 g/mol. The van der Waals surface area contributed by atoms with Crippen LogP contribution in [0.15, 0.2) is 12.4 Å². The number of rotatable bonds is 4. The number of aliphatic hydroxyl groups excluding tert-OH is 1. The molecule has 1 aromatic rings. The minimum atomic E-state index is -0.386. The summed E-state index contributed by atoms with van der Waals surface area (Å²) < 4.78 is 0. The highest BCUT2D eigenvalue weighted by atomic mass is 16.3. The van der Waals surface area contributed by atoms with Gasteiger partial charge in [0.05, 0.1) is 6.10 Å². The van der Waals surface area contributed by atoms with Gasteiger partial charge in [0.1, 0.15) is 0 Å². The highest BCUT2D eigenvalue weighted by molar-refractivity contribution is 5.76. The predicted molar refractivity (Wildman–Crippen MR) is 79.7 cm³/mol. The molecule has 2 aliphatic rings. The van der Waals surface area contributed by atoms with Crippen molar-refractivity contribution in [3.63, 3.8) is 0 Å². The molecule has 114 valence electrons.